The van der Waals surface area contributed by atoms with E-state index in [1.807, 2.05) is 6.07 Å². The fourth-order valence-electron chi connectivity index (χ4n) is 1.45. The van der Waals surface area contributed by atoms with Crippen LogP contribution in [0.5, 0.6) is 5.75 Å². The molecule has 0 unspecified atom stereocenters. The van der Waals surface area contributed by atoms with Gasteiger partial charge in [-0.15, -0.1) is 0 Å². The van der Waals surface area contributed by atoms with Gasteiger partial charge in [-0.1, -0.05) is 11.6 Å². The number of ether oxygens (including phenoxy) is 1. The molecule has 0 radical (unpaired) electrons. The molecule has 1 aromatic carbocycles. The van der Waals surface area contributed by atoms with Crippen molar-refractivity contribution in [1.29, 1.82) is 5.26 Å². The summed E-state index contributed by atoms with van der Waals surface area (Å²) in [5.41, 5.74) is 0.449. The summed E-state index contributed by atoms with van der Waals surface area (Å²) < 4.78 is 5.46. The molecule has 0 saturated heterocycles. The van der Waals surface area contributed by atoms with Crippen LogP contribution >= 0.6 is 11.6 Å². The Kier molecular flexibility index (Phi) is 6.03. The number of benzene rings is 1. The number of nitriles is 1. The highest BCUT2D eigenvalue weighted by Gasteiger charge is 2.04. The Hall–Kier alpha value is -1.73. The van der Waals surface area contributed by atoms with Crippen molar-refractivity contribution in [3.63, 3.8) is 0 Å². The molecule has 1 aromatic rings. The normalized spacial score (nSPS) is 9.78. The number of carboxylic acids is 1. The van der Waals surface area contributed by atoms with Crippen LogP contribution in [0.3, 0.4) is 0 Å². The lowest BCUT2D eigenvalue weighted by Gasteiger charge is -2.07. The highest BCUT2D eigenvalue weighted by atomic mass is 35.5. The number of rotatable bonds is 7. The van der Waals surface area contributed by atoms with Crippen molar-refractivity contribution in [1.82, 2.24) is 0 Å². The van der Waals surface area contributed by atoms with Gasteiger partial charge < -0.3 is 9.84 Å². The summed E-state index contributed by atoms with van der Waals surface area (Å²) in [7, 11) is 0. The SMILES string of the molecule is N#Cc1ccc(Cl)cc1OCCCCCC(=O)O. The molecule has 0 aliphatic carbocycles. The fraction of sp³-hybridized carbons (Fsp3) is 0.385. The monoisotopic (exact) mass is 267 g/mol. The Balaban J connectivity index is 2.33. The lowest BCUT2D eigenvalue weighted by molar-refractivity contribution is -0.137. The van der Waals surface area contributed by atoms with E-state index < -0.39 is 5.97 Å². The number of hydrogen-bond acceptors (Lipinski definition) is 3. The molecule has 1 rings (SSSR count). The largest absolute Gasteiger partial charge is 0.492 e. The van der Waals surface area contributed by atoms with Crippen LogP contribution in [0.4, 0.5) is 0 Å². The van der Waals surface area contributed by atoms with Crippen molar-refractivity contribution in [2.24, 2.45) is 0 Å². The van der Waals surface area contributed by atoms with E-state index in [2.05, 4.69) is 0 Å². The summed E-state index contributed by atoms with van der Waals surface area (Å²) in [5.74, 6) is -0.305. The van der Waals surface area contributed by atoms with Gasteiger partial charge in [-0.3, -0.25) is 4.79 Å². The number of aliphatic carboxylic acids is 1. The minimum Gasteiger partial charge on any atom is -0.492 e. The van der Waals surface area contributed by atoms with E-state index in [0.29, 0.717) is 29.4 Å². The van der Waals surface area contributed by atoms with Gasteiger partial charge in [0.05, 0.1) is 12.2 Å². The molecular formula is C13H14ClNO3. The van der Waals surface area contributed by atoms with Gasteiger partial charge in [-0.2, -0.15) is 5.26 Å². The Labute approximate surface area is 111 Å². The molecule has 5 heteroatoms. The van der Waals surface area contributed by atoms with E-state index >= 15 is 0 Å². The van der Waals surface area contributed by atoms with E-state index in [1.54, 1.807) is 18.2 Å². The Morgan fingerprint density at radius 2 is 2.17 bits per heavy atom. The van der Waals surface area contributed by atoms with Gasteiger partial charge >= 0.3 is 5.97 Å². The first-order chi connectivity index (χ1) is 8.63. The Morgan fingerprint density at radius 3 is 2.83 bits per heavy atom. The predicted molar refractivity (Wildman–Crippen MR) is 67.8 cm³/mol. The van der Waals surface area contributed by atoms with Gasteiger partial charge in [-0.05, 0) is 31.4 Å². The molecule has 0 heterocycles. The van der Waals surface area contributed by atoms with E-state index in [4.69, 9.17) is 26.7 Å². The van der Waals surface area contributed by atoms with Crippen LogP contribution in [0.2, 0.25) is 5.02 Å². The molecule has 0 spiro atoms. The summed E-state index contributed by atoms with van der Waals surface area (Å²) in [4.78, 5) is 10.3. The standard InChI is InChI=1S/C13H14ClNO3/c14-11-6-5-10(9-15)12(8-11)18-7-3-1-2-4-13(16)17/h5-6,8H,1-4,7H2,(H,16,17). The predicted octanol–water partition coefficient (Wildman–Crippen LogP) is 3.24. The lowest BCUT2D eigenvalue weighted by Crippen LogP contribution is -2.00. The number of unbranched alkanes of at least 4 members (excludes halogenated alkanes) is 2. The van der Waals surface area contributed by atoms with Crippen molar-refractivity contribution >= 4 is 17.6 Å². The molecule has 0 bridgehead atoms. The summed E-state index contributed by atoms with van der Waals surface area (Å²) in [5, 5.41) is 17.9. The molecule has 0 fully saturated rings. The number of nitrogens with zero attached hydrogens (tertiary/aromatic N) is 1. The van der Waals surface area contributed by atoms with Gasteiger partial charge in [0.1, 0.15) is 11.8 Å². The van der Waals surface area contributed by atoms with Gasteiger partial charge in [0, 0.05) is 17.5 Å². The first kappa shape index (κ1) is 14.3. The second-order valence-corrected chi connectivity index (χ2v) is 4.24. The number of carbonyl (C=O) groups is 1. The minimum atomic E-state index is -0.780. The lowest BCUT2D eigenvalue weighted by atomic mass is 10.2. The molecule has 0 aliphatic heterocycles. The van der Waals surface area contributed by atoms with Crippen LogP contribution in [-0.4, -0.2) is 17.7 Å². The van der Waals surface area contributed by atoms with Crippen LogP contribution in [0.15, 0.2) is 18.2 Å². The first-order valence-corrected chi connectivity index (χ1v) is 6.05. The van der Waals surface area contributed by atoms with Crippen molar-refractivity contribution in [2.75, 3.05) is 6.61 Å². The van der Waals surface area contributed by atoms with Crippen molar-refractivity contribution in [3.8, 4) is 11.8 Å². The zero-order valence-electron chi connectivity index (χ0n) is 9.86. The summed E-state index contributed by atoms with van der Waals surface area (Å²) in [6.07, 6.45) is 2.36. The van der Waals surface area contributed by atoms with Crippen molar-refractivity contribution in [3.05, 3.63) is 28.8 Å². The number of halogens is 1. The van der Waals surface area contributed by atoms with Gasteiger partial charge in [-0.25, -0.2) is 0 Å². The van der Waals surface area contributed by atoms with Crippen LogP contribution in [0.25, 0.3) is 0 Å². The van der Waals surface area contributed by atoms with Gasteiger partial charge in [0.2, 0.25) is 0 Å². The zero-order valence-corrected chi connectivity index (χ0v) is 10.6. The van der Waals surface area contributed by atoms with E-state index in [0.717, 1.165) is 12.8 Å². The fourth-order valence-corrected chi connectivity index (χ4v) is 1.61. The van der Waals surface area contributed by atoms with Crippen LogP contribution in [-0.2, 0) is 4.79 Å². The van der Waals surface area contributed by atoms with E-state index in [9.17, 15) is 4.79 Å². The zero-order chi connectivity index (χ0) is 13.4. The molecule has 0 amide bonds. The Morgan fingerprint density at radius 1 is 1.39 bits per heavy atom. The van der Waals surface area contributed by atoms with E-state index in [1.165, 1.54) is 0 Å². The third kappa shape index (κ3) is 5.07. The average Bonchev–Trinajstić information content (AvgIpc) is 2.33. The maximum atomic E-state index is 10.3. The quantitative estimate of drug-likeness (QED) is 0.770. The van der Waals surface area contributed by atoms with Crippen molar-refractivity contribution < 1.29 is 14.6 Å². The second kappa shape index (κ2) is 7.57. The maximum Gasteiger partial charge on any atom is 0.303 e. The topological polar surface area (TPSA) is 70.3 Å². The molecule has 0 aliphatic rings. The Bertz CT molecular complexity index is 454. The molecule has 0 atom stereocenters. The van der Waals surface area contributed by atoms with E-state index in [-0.39, 0.29) is 6.42 Å². The van der Waals surface area contributed by atoms with Crippen LogP contribution < -0.4 is 4.74 Å². The first-order valence-electron chi connectivity index (χ1n) is 5.67. The summed E-state index contributed by atoms with van der Waals surface area (Å²) in [6, 6.07) is 6.89. The van der Waals surface area contributed by atoms with Crippen molar-refractivity contribution in [2.45, 2.75) is 25.7 Å². The molecular weight excluding hydrogens is 254 g/mol. The van der Waals surface area contributed by atoms with Crippen LogP contribution in [0, 0.1) is 11.3 Å². The molecule has 96 valence electrons. The summed E-state index contributed by atoms with van der Waals surface area (Å²) >= 11 is 5.82. The minimum absolute atomic E-state index is 0.181. The maximum absolute atomic E-state index is 10.3. The highest BCUT2D eigenvalue weighted by molar-refractivity contribution is 6.30. The summed E-state index contributed by atoms with van der Waals surface area (Å²) in [6.45, 7) is 0.453. The van der Waals surface area contributed by atoms with Gasteiger partial charge in [0.15, 0.2) is 0 Å². The van der Waals surface area contributed by atoms with Gasteiger partial charge in [0.25, 0.3) is 0 Å². The average molecular weight is 268 g/mol. The highest BCUT2D eigenvalue weighted by Crippen LogP contribution is 2.22. The third-order valence-electron chi connectivity index (χ3n) is 2.36. The number of hydrogen-bond donors (Lipinski definition) is 1. The molecule has 1 N–H and O–H groups in total. The molecule has 0 saturated carbocycles. The van der Waals surface area contributed by atoms with Crippen LogP contribution in [0.1, 0.15) is 31.2 Å². The second-order valence-electron chi connectivity index (χ2n) is 3.81. The molecule has 0 aromatic heterocycles. The molecule has 4 nitrogen and oxygen atoms in total. The third-order valence-corrected chi connectivity index (χ3v) is 2.59. The number of carboxylic acid groups (broad SMARTS) is 1. The molecule has 18 heavy (non-hydrogen) atoms. The smallest absolute Gasteiger partial charge is 0.303 e.